The van der Waals surface area contributed by atoms with Crippen LogP contribution in [-0.4, -0.2) is 42.1 Å². The Morgan fingerprint density at radius 3 is 2.50 bits per heavy atom. The zero-order valence-corrected chi connectivity index (χ0v) is 13.4. The number of nitrogens with zero attached hydrogens (tertiary/aromatic N) is 3. The second-order valence-electron chi connectivity index (χ2n) is 7.47. The maximum absolute atomic E-state index is 12.3. The Morgan fingerprint density at radius 2 is 1.91 bits per heavy atom. The van der Waals surface area contributed by atoms with Crippen molar-refractivity contribution in [1.82, 2.24) is 9.88 Å². The molecule has 2 saturated heterocycles. The fourth-order valence-corrected chi connectivity index (χ4v) is 4.09. The van der Waals surface area contributed by atoms with Crippen molar-refractivity contribution in [3.05, 3.63) is 18.3 Å². The molecule has 2 aliphatic heterocycles. The van der Waals surface area contributed by atoms with Gasteiger partial charge in [-0.05, 0) is 42.2 Å². The number of carbonyl (C=O) groups excluding carboxylic acids is 1. The molecule has 5 heteroatoms. The zero-order valence-electron chi connectivity index (χ0n) is 13.4. The van der Waals surface area contributed by atoms with Crippen LogP contribution in [-0.2, 0) is 0 Å². The van der Waals surface area contributed by atoms with Crippen LogP contribution in [0.5, 0.6) is 0 Å². The highest BCUT2D eigenvalue weighted by Gasteiger charge is 2.62. The number of aromatic nitrogens is 1. The van der Waals surface area contributed by atoms with Gasteiger partial charge in [-0.1, -0.05) is 13.8 Å². The number of hydrogen-bond acceptors (Lipinski definition) is 3. The number of hydrogen-bond donors (Lipinski definition) is 1. The van der Waals surface area contributed by atoms with E-state index in [1.54, 1.807) is 6.20 Å². The summed E-state index contributed by atoms with van der Waals surface area (Å²) < 4.78 is 0. The second kappa shape index (κ2) is 4.86. The minimum atomic E-state index is 0.0127. The summed E-state index contributed by atoms with van der Waals surface area (Å²) in [4.78, 5) is 21.0. The Balaban J connectivity index is 1.34. The summed E-state index contributed by atoms with van der Waals surface area (Å²) >= 11 is 0. The lowest BCUT2D eigenvalue weighted by Gasteiger charge is -2.22. The number of likely N-dealkylation sites (tertiary alicyclic amines) is 1. The van der Waals surface area contributed by atoms with Gasteiger partial charge in [0, 0.05) is 26.2 Å². The van der Waals surface area contributed by atoms with Gasteiger partial charge in [0.05, 0.1) is 11.9 Å². The molecule has 2 amide bonds. The lowest BCUT2D eigenvalue weighted by atomic mass is 10.1. The van der Waals surface area contributed by atoms with E-state index in [2.05, 4.69) is 29.0 Å². The summed E-state index contributed by atoms with van der Waals surface area (Å²) in [7, 11) is 0. The molecule has 3 heterocycles. The standard InChI is InChI=1S/C17H24N4O/c1-17(2)13-10-21(11-14(13)17)16(22)19-12-5-6-15(18-9-12)20-7-3-4-8-20/h5-6,9,13-14H,3-4,7-8,10-11H2,1-2H3,(H,19,22)/t13-,14+. The van der Waals surface area contributed by atoms with E-state index in [1.165, 1.54) is 12.8 Å². The molecule has 1 aromatic heterocycles. The van der Waals surface area contributed by atoms with Crippen LogP contribution in [0.1, 0.15) is 26.7 Å². The lowest BCUT2D eigenvalue weighted by Crippen LogP contribution is -2.36. The zero-order chi connectivity index (χ0) is 15.3. The first-order chi connectivity index (χ1) is 10.6. The van der Waals surface area contributed by atoms with Gasteiger partial charge in [-0.15, -0.1) is 0 Å². The smallest absolute Gasteiger partial charge is 0.321 e. The van der Waals surface area contributed by atoms with E-state index in [9.17, 15) is 4.79 Å². The normalized spacial score (nSPS) is 28.6. The first-order valence-corrected chi connectivity index (χ1v) is 8.32. The van der Waals surface area contributed by atoms with Crippen molar-refractivity contribution in [2.75, 3.05) is 36.4 Å². The number of fused-ring (bicyclic) bond motifs is 1. The molecular weight excluding hydrogens is 276 g/mol. The Hall–Kier alpha value is -1.78. The van der Waals surface area contributed by atoms with Crippen molar-refractivity contribution in [2.24, 2.45) is 17.3 Å². The van der Waals surface area contributed by atoms with Crippen molar-refractivity contribution in [3.8, 4) is 0 Å². The molecule has 22 heavy (non-hydrogen) atoms. The molecule has 1 saturated carbocycles. The quantitative estimate of drug-likeness (QED) is 0.913. The van der Waals surface area contributed by atoms with Gasteiger partial charge in [-0.3, -0.25) is 0 Å². The molecule has 3 aliphatic rings. The van der Waals surface area contributed by atoms with Crippen molar-refractivity contribution < 1.29 is 4.79 Å². The number of pyridine rings is 1. The molecule has 1 N–H and O–H groups in total. The van der Waals surface area contributed by atoms with E-state index in [0.29, 0.717) is 17.3 Å². The number of urea groups is 1. The maximum atomic E-state index is 12.3. The molecule has 0 spiro atoms. The van der Waals surface area contributed by atoms with Crippen molar-refractivity contribution in [3.63, 3.8) is 0 Å². The molecule has 0 bridgehead atoms. The van der Waals surface area contributed by atoms with E-state index < -0.39 is 0 Å². The molecule has 1 aliphatic carbocycles. The van der Waals surface area contributed by atoms with Crippen LogP contribution in [0.25, 0.3) is 0 Å². The van der Waals surface area contributed by atoms with E-state index in [1.807, 2.05) is 17.0 Å². The topological polar surface area (TPSA) is 48.5 Å². The Morgan fingerprint density at radius 1 is 1.23 bits per heavy atom. The van der Waals surface area contributed by atoms with Crippen LogP contribution >= 0.6 is 0 Å². The lowest BCUT2D eigenvalue weighted by molar-refractivity contribution is 0.209. The van der Waals surface area contributed by atoms with E-state index >= 15 is 0 Å². The van der Waals surface area contributed by atoms with Gasteiger partial charge in [0.25, 0.3) is 0 Å². The second-order valence-corrected chi connectivity index (χ2v) is 7.47. The van der Waals surface area contributed by atoms with Crippen molar-refractivity contribution in [1.29, 1.82) is 0 Å². The van der Waals surface area contributed by atoms with Crippen LogP contribution < -0.4 is 10.2 Å². The number of carbonyl (C=O) groups is 1. The van der Waals surface area contributed by atoms with Crippen LogP contribution in [0.4, 0.5) is 16.3 Å². The molecule has 0 radical (unpaired) electrons. The van der Waals surface area contributed by atoms with Gasteiger partial charge < -0.3 is 15.1 Å². The molecule has 4 rings (SSSR count). The Bertz CT molecular complexity index is 563. The highest BCUT2D eigenvalue weighted by atomic mass is 16.2. The molecule has 118 valence electrons. The summed E-state index contributed by atoms with van der Waals surface area (Å²) in [6, 6.07) is 3.98. The highest BCUT2D eigenvalue weighted by molar-refractivity contribution is 5.89. The first-order valence-electron chi connectivity index (χ1n) is 8.32. The first kappa shape index (κ1) is 13.9. The third kappa shape index (κ3) is 2.23. The fraction of sp³-hybridized carbons (Fsp3) is 0.647. The van der Waals surface area contributed by atoms with E-state index in [4.69, 9.17) is 0 Å². The Labute approximate surface area is 131 Å². The van der Waals surface area contributed by atoms with Gasteiger partial charge in [0.2, 0.25) is 0 Å². The molecule has 3 fully saturated rings. The average Bonchev–Trinajstić information content (AvgIpc) is 3.01. The van der Waals surface area contributed by atoms with E-state index in [-0.39, 0.29) is 6.03 Å². The predicted octanol–water partition coefficient (Wildman–Crippen LogP) is 2.80. The third-order valence-electron chi connectivity index (χ3n) is 5.84. The van der Waals surface area contributed by atoms with Crippen LogP contribution in [0.2, 0.25) is 0 Å². The summed E-state index contributed by atoms with van der Waals surface area (Å²) in [6.07, 6.45) is 4.26. The van der Waals surface area contributed by atoms with Crippen LogP contribution in [0, 0.1) is 17.3 Å². The molecule has 2 atom stereocenters. The summed E-state index contributed by atoms with van der Waals surface area (Å²) in [5, 5.41) is 2.98. The average molecular weight is 300 g/mol. The molecular formula is C17H24N4O. The van der Waals surface area contributed by atoms with Gasteiger partial charge in [-0.25, -0.2) is 9.78 Å². The molecule has 0 unspecified atom stereocenters. The fourth-order valence-electron chi connectivity index (χ4n) is 4.09. The monoisotopic (exact) mass is 300 g/mol. The molecule has 5 nitrogen and oxygen atoms in total. The minimum Gasteiger partial charge on any atom is -0.357 e. The Kier molecular flexibility index (Phi) is 3.06. The third-order valence-corrected chi connectivity index (χ3v) is 5.84. The van der Waals surface area contributed by atoms with Gasteiger partial charge in [-0.2, -0.15) is 0 Å². The van der Waals surface area contributed by atoms with Crippen LogP contribution in [0.3, 0.4) is 0 Å². The SMILES string of the molecule is CC1(C)[C@@H]2CN(C(=O)Nc3ccc(N4CCCC4)nc3)C[C@@H]21. The van der Waals surface area contributed by atoms with Gasteiger partial charge >= 0.3 is 6.03 Å². The summed E-state index contributed by atoms with van der Waals surface area (Å²) in [6.45, 7) is 8.57. The van der Waals surface area contributed by atoms with Gasteiger partial charge in [0.15, 0.2) is 0 Å². The largest absolute Gasteiger partial charge is 0.357 e. The van der Waals surface area contributed by atoms with Gasteiger partial charge in [0.1, 0.15) is 5.82 Å². The molecule has 0 aromatic carbocycles. The number of rotatable bonds is 2. The number of anilines is 2. The number of amides is 2. The minimum absolute atomic E-state index is 0.0127. The molecule has 1 aromatic rings. The maximum Gasteiger partial charge on any atom is 0.321 e. The van der Waals surface area contributed by atoms with Crippen molar-refractivity contribution in [2.45, 2.75) is 26.7 Å². The van der Waals surface area contributed by atoms with Crippen LogP contribution in [0.15, 0.2) is 18.3 Å². The summed E-state index contributed by atoms with van der Waals surface area (Å²) in [5.41, 5.74) is 1.23. The van der Waals surface area contributed by atoms with E-state index in [0.717, 1.165) is 37.7 Å². The number of piperidine rings is 1. The summed E-state index contributed by atoms with van der Waals surface area (Å²) in [5.74, 6) is 2.39. The highest BCUT2D eigenvalue weighted by Crippen LogP contribution is 2.61. The van der Waals surface area contributed by atoms with Crippen molar-refractivity contribution >= 4 is 17.5 Å². The predicted molar refractivity (Wildman–Crippen MR) is 87.0 cm³/mol. The number of nitrogens with one attached hydrogen (secondary N) is 1.